The van der Waals surface area contributed by atoms with Crippen molar-refractivity contribution >= 4 is 33.1 Å². The molecular weight excluding hydrogens is 350 g/mol. The van der Waals surface area contributed by atoms with Gasteiger partial charge in [-0.15, -0.1) is 0 Å². The first-order valence-electron chi connectivity index (χ1n) is 6.37. The van der Waals surface area contributed by atoms with Crippen LogP contribution in [-0.4, -0.2) is 12.1 Å². The zero-order valence-electron chi connectivity index (χ0n) is 11.9. The molecule has 0 aliphatic heterocycles. The van der Waals surface area contributed by atoms with Crippen LogP contribution in [-0.2, 0) is 6.61 Å². The molecule has 0 spiro atoms. The van der Waals surface area contributed by atoms with Gasteiger partial charge in [0.15, 0.2) is 0 Å². The molecule has 0 bridgehead atoms. The molecule has 0 unspecified atom stereocenters. The van der Waals surface area contributed by atoms with Gasteiger partial charge in [0.25, 0.3) is 0 Å². The molecule has 5 heteroatoms. The van der Waals surface area contributed by atoms with Crippen LogP contribution in [0.4, 0.5) is 0 Å². The molecule has 2 aromatic carbocycles. The summed E-state index contributed by atoms with van der Waals surface area (Å²) in [6.07, 6.45) is 0. The number of aryl methyl sites for hydroxylation is 1. The normalized spacial score (nSPS) is 10.2. The highest BCUT2D eigenvalue weighted by Crippen LogP contribution is 2.25. The highest BCUT2D eigenvalue weighted by molar-refractivity contribution is 9.10. The second-order valence-electron chi connectivity index (χ2n) is 4.60. The van der Waals surface area contributed by atoms with Crippen LogP contribution in [0.5, 0.6) is 11.5 Å². The zero-order chi connectivity index (χ0) is 15.4. The van der Waals surface area contributed by atoms with E-state index in [0.717, 1.165) is 26.9 Å². The number of halogens is 1. The molecule has 3 nitrogen and oxygen atoms in total. The maximum atomic E-state index is 5.84. The lowest BCUT2D eigenvalue weighted by Gasteiger charge is -2.12. The molecule has 0 saturated carbocycles. The molecule has 0 heterocycles. The molecule has 0 amide bonds. The summed E-state index contributed by atoms with van der Waals surface area (Å²) >= 11 is 8.43. The Balaban J connectivity index is 2.15. The molecule has 0 fully saturated rings. The largest absolute Gasteiger partial charge is 0.496 e. The van der Waals surface area contributed by atoms with Crippen LogP contribution < -0.4 is 15.2 Å². The molecule has 0 aliphatic rings. The zero-order valence-corrected chi connectivity index (χ0v) is 14.3. The Bertz CT molecular complexity index is 673. The number of rotatable bonds is 5. The van der Waals surface area contributed by atoms with E-state index in [1.165, 1.54) is 0 Å². The van der Waals surface area contributed by atoms with Crippen molar-refractivity contribution in [3.8, 4) is 11.5 Å². The second kappa shape index (κ2) is 6.91. The Labute approximate surface area is 138 Å². The highest BCUT2D eigenvalue weighted by atomic mass is 79.9. The molecule has 21 heavy (non-hydrogen) atoms. The highest BCUT2D eigenvalue weighted by Gasteiger charge is 2.08. The minimum Gasteiger partial charge on any atom is -0.496 e. The maximum Gasteiger partial charge on any atom is 0.129 e. The van der Waals surface area contributed by atoms with Crippen molar-refractivity contribution in [2.75, 3.05) is 7.11 Å². The fourth-order valence-corrected chi connectivity index (χ4v) is 2.61. The molecule has 0 saturated heterocycles. The van der Waals surface area contributed by atoms with Gasteiger partial charge in [-0.25, -0.2) is 0 Å². The minimum atomic E-state index is 0.322. The van der Waals surface area contributed by atoms with Crippen molar-refractivity contribution < 1.29 is 9.47 Å². The Hall–Kier alpha value is -1.59. The van der Waals surface area contributed by atoms with E-state index < -0.39 is 0 Å². The van der Waals surface area contributed by atoms with Crippen molar-refractivity contribution in [3.05, 3.63) is 57.6 Å². The third kappa shape index (κ3) is 3.95. The topological polar surface area (TPSA) is 44.5 Å². The summed E-state index contributed by atoms with van der Waals surface area (Å²) in [5.41, 5.74) is 8.46. The van der Waals surface area contributed by atoms with E-state index >= 15 is 0 Å². The molecule has 2 aromatic rings. The van der Waals surface area contributed by atoms with E-state index in [1.807, 2.05) is 43.3 Å². The number of ether oxygens (including phenoxy) is 2. The Morgan fingerprint density at radius 2 is 1.95 bits per heavy atom. The lowest BCUT2D eigenvalue weighted by molar-refractivity contribution is 0.303. The average Bonchev–Trinajstić information content (AvgIpc) is 2.45. The van der Waals surface area contributed by atoms with E-state index in [4.69, 9.17) is 27.4 Å². The van der Waals surface area contributed by atoms with Crippen LogP contribution in [0.1, 0.15) is 16.7 Å². The fourth-order valence-electron chi connectivity index (χ4n) is 1.96. The van der Waals surface area contributed by atoms with E-state index in [-0.39, 0.29) is 0 Å². The molecule has 2 N–H and O–H groups in total. The van der Waals surface area contributed by atoms with Gasteiger partial charge in [0.05, 0.1) is 12.7 Å². The van der Waals surface area contributed by atoms with Gasteiger partial charge in [0.1, 0.15) is 23.1 Å². The number of hydrogen-bond acceptors (Lipinski definition) is 3. The number of hydrogen-bond donors (Lipinski definition) is 1. The number of thiocarbonyl (C=S) groups is 1. The van der Waals surface area contributed by atoms with Gasteiger partial charge in [-0.3, -0.25) is 0 Å². The van der Waals surface area contributed by atoms with E-state index in [2.05, 4.69) is 15.9 Å². The molecule has 2 rings (SSSR count). The van der Waals surface area contributed by atoms with Crippen molar-refractivity contribution in [2.24, 2.45) is 5.73 Å². The van der Waals surface area contributed by atoms with Crippen LogP contribution in [0.25, 0.3) is 0 Å². The summed E-state index contributed by atoms with van der Waals surface area (Å²) in [7, 11) is 1.60. The molecular formula is C16H16BrNO2S. The number of methoxy groups -OCH3 is 1. The third-order valence-corrected chi connectivity index (χ3v) is 3.78. The van der Waals surface area contributed by atoms with Crippen LogP contribution in [0.3, 0.4) is 0 Å². The third-order valence-electron chi connectivity index (χ3n) is 3.06. The van der Waals surface area contributed by atoms with Gasteiger partial charge >= 0.3 is 0 Å². The summed E-state index contributed by atoms with van der Waals surface area (Å²) in [6.45, 7) is 2.47. The predicted molar refractivity (Wildman–Crippen MR) is 92.1 cm³/mol. The van der Waals surface area contributed by atoms with Crippen molar-refractivity contribution in [2.45, 2.75) is 13.5 Å². The smallest absolute Gasteiger partial charge is 0.129 e. The van der Waals surface area contributed by atoms with Gasteiger partial charge in [0.2, 0.25) is 0 Å². The monoisotopic (exact) mass is 365 g/mol. The SMILES string of the molecule is COc1cc(COc2ccc(Br)cc2C)ccc1C(N)=S. The average molecular weight is 366 g/mol. The van der Waals surface area contributed by atoms with Crippen LogP contribution in [0, 0.1) is 6.92 Å². The summed E-state index contributed by atoms with van der Waals surface area (Å²) in [4.78, 5) is 0.322. The first kappa shape index (κ1) is 15.8. The van der Waals surface area contributed by atoms with Gasteiger partial charge in [-0.2, -0.15) is 0 Å². The van der Waals surface area contributed by atoms with E-state index in [0.29, 0.717) is 17.3 Å². The molecule has 0 radical (unpaired) electrons. The molecule has 0 aromatic heterocycles. The molecule has 0 aliphatic carbocycles. The van der Waals surface area contributed by atoms with Crippen molar-refractivity contribution in [1.29, 1.82) is 0 Å². The van der Waals surface area contributed by atoms with Crippen LogP contribution >= 0.6 is 28.1 Å². The summed E-state index contributed by atoms with van der Waals surface area (Å²) in [5, 5.41) is 0. The van der Waals surface area contributed by atoms with Crippen LogP contribution in [0.15, 0.2) is 40.9 Å². The Morgan fingerprint density at radius 3 is 2.57 bits per heavy atom. The van der Waals surface area contributed by atoms with Crippen molar-refractivity contribution in [1.82, 2.24) is 0 Å². The Morgan fingerprint density at radius 1 is 1.19 bits per heavy atom. The fraction of sp³-hybridized carbons (Fsp3) is 0.188. The first-order chi connectivity index (χ1) is 10.0. The predicted octanol–water partition coefficient (Wildman–Crippen LogP) is 3.98. The van der Waals surface area contributed by atoms with E-state index in [1.54, 1.807) is 7.11 Å². The van der Waals surface area contributed by atoms with E-state index in [9.17, 15) is 0 Å². The van der Waals surface area contributed by atoms with Gasteiger partial charge < -0.3 is 15.2 Å². The number of nitrogens with two attached hydrogens (primary N) is 1. The summed E-state index contributed by atoms with van der Waals surface area (Å²) in [6, 6.07) is 11.6. The summed E-state index contributed by atoms with van der Waals surface area (Å²) in [5.74, 6) is 1.52. The molecule has 0 atom stereocenters. The second-order valence-corrected chi connectivity index (χ2v) is 5.95. The number of benzene rings is 2. The van der Waals surface area contributed by atoms with Gasteiger partial charge in [-0.1, -0.05) is 34.2 Å². The van der Waals surface area contributed by atoms with Gasteiger partial charge in [-0.05, 0) is 48.4 Å². The molecule has 110 valence electrons. The maximum absolute atomic E-state index is 5.84. The Kier molecular flexibility index (Phi) is 5.20. The van der Waals surface area contributed by atoms with Crippen LogP contribution in [0.2, 0.25) is 0 Å². The standard InChI is InChI=1S/C16H16BrNO2S/c1-10-7-12(17)4-6-14(10)20-9-11-3-5-13(16(18)21)15(8-11)19-2/h3-8H,9H2,1-2H3,(H2,18,21). The lowest BCUT2D eigenvalue weighted by atomic mass is 10.1. The lowest BCUT2D eigenvalue weighted by Crippen LogP contribution is -2.11. The summed E-state index contributed by atoms with van der Waals surface area (Å²) < 4.78 is 12.2. The van der Waals surface area contributed by atoms with Crippen molar-refractivity contribution in [3.63, 3.8) is 0 Å². The first-order valence-corrected chi connectivity index (χ1v) is 7.57. The minimum absolute atomic E-state index is 0.322. The quantitative estimate of drug-likeness (QED) is 0.813. The van der Waals surface area contributed by atoms with Gasteiger partial charge in [0, 0.05) is 4.47 Å².